The maximum absolute atomic E-state index is 12.2. The molecular weight excluding hydrogens is 266 g/mol. The molecule has 0 spiro atoms. The molecule has 1 heterocycles. The number of alkyl halides is 6. The van der Waals surface area contributed by atoms with E-state index in [1.165, 1.54) is 0 Å². The van der Waals surface area contributed by atoms with Crippen molar-refractivity contribution in [2.75, 3.05) is 13.1 Å². The van der Waals surface area contributed by atoms with E-state index in [2.05, 4.69) is 5.32 Å². The first-order valence-corrected chi connectivity index (χ1v) is 5.27. The summed E-state index contributed by atoms with van der Waals surface area (Å²) in [6.45, 7) is 0.904. The lowest BCUT2D eigenvalue weighted by atomic mass is 10.0. The van der Waals surface area contributed by atoms with E-state index in [9.17, 15) is 31.1 Å². The zero-order valence-electron chi connectivity index (χ0n) is 9.16. The molecule has 0 aromatic rings. The lowest BCUT2D eigenvalue weighted by Crippen LogP contribution is -2.52. The highest BCUT2D eigenvalue weighted by Crippen LogP contribution is 2.39. The molecule has 3 nitrogen and oxygen atoms in total. The third kappa shape index (κ3) is 4.04. The second kappa shape index (κ2) is 5.33. The molecule has 2 N–H and O–H groups in total. The van der Waals surface area contributed by atoms with E-state index in [1.54, 1.807) is 0 Å². The van der Waals surface area contributed by atoms with Crippen molar-refractivity contribution >= 4 is 5.91 Å². The van der Waals surface area contributed by atoms with Crippen molar-refractivity contribution in [3.8, 4) is 0 Å². The monoisotopic (exact) mass is 278 g/mol. The van der Waals surface area contributed by atoms with Crippen LogP contribution in [0, 0.1) is 5.92 Å². The molecule has 0 unspecified atom stereocenters. The van der Waals surface area contributed by atoms with Crippen LogP contribution in [0.25, 0.3) is 0 Å². The molecule has 1 aliphatic heterocycles. The van der Waals surface area contributed by atoms with E-state index in [1.807, 2.05) is 5.32 Å². The van der Waals surface area contributed by atoms with Crippen LogP contribution >= 0.6 is 0 Å². The third-order valence-electron chi connectivity index (χ3n) is 2.60. The molecule has 1 rings (SSSR count). The number of carbonyl (C=O) groups excluding carboxylic acids is 1. The van der Waals surface area contributed by atoms with Crippen LogP contribution < -0.4 is 10.6 Å². The summed E-state index contributed by atoms with van der Waals surface area (Å²) in [7, 11) is 0. The van der Waals surface area contributed by atoms with Gasteiger partial charge in [-0.05, 0) is 25.9 Å². The Labute approximate surface area is 98.9 Å². The number of amides is 1. The summed E-state index contributed by atoms with van der Waals surface area (Å²) in [6, 6.07) is -0.647. The fraction of sp³-hybridized carbons (Fsp3) is 0.889. The Morgan fingerprint density at radius 2 is 1.50 bits per heavy atom. The van der Waals surface area contributed by atoms with Gasteiger partial charge in [0.2, 0.25) is 11.8 Å². The maximum atomic E-state index is 12.2. The Morgan fingerprint density at radius 3 is 1.89 bits per heavy atom. The molecular formula is C9H12F6N2O. The summed E-state index contributed by atoms with van der Waals surface area (Å²) < 4.78 is 73.4. The van der Waals surface area contributed by atoms with Crippen molar-refractivity contribution < 1.29 is 31.1 Å². The van der Waals surface area contributed by atoms with Crippen LogP contribution in [0.15, 0.2) is 0 Å². The Bertz CT molecular complexity index is 280. The van der Waals surface area contributed by atoms with Crippen molar-refractivity contribution in [1.29, 1.82) is 0 Å². The highest BCUT2D eigenvalue weighted by atomic mass is 19.4. The first-order chi connectivity index (χ1) is 8.12. The van der Waals surface area contributed by atoms with E-state index >= 15 is 0 Å². The summed E-state index contributed by atoms with van der Waals surface area (Å²) in [5.41, 5.74) is 0. The van der Waals surface area contributed by atoms with Crippen molar-refractivity contribution in [2.45, 2.75) is 31.2 Å². The van der Waals surface area contributed by atoms with E-state index < -0.39 is 30.2 Å². The van der Waals surface area contributed by atoms with Gasteiger partial charge in [-0.2, -0.15) is 26.3 Å². The predicted molar refractivity (Wildman–Crippen MR) is 49.6 cm³/mol. The van der Waals surface area contributed by atoms with Gasteiger partial charge in [-0.3, -0.25) is 4.79 Å². The first kappa shape index (κ1) is 15.1. The van der Waals surface area contributed by atoms with E-state index in [-0.39, 0.29) is 0 Å². The standard InChI is InChI=1S/C9H12F6N2O/c10-8(11,12)6(9(13,14)15)7(18)17-5-1-3-16-4-2-5/h5-6,16H,1-4H2,(H,17,18). The van der Waals surface area contributed by atoms with Gasteiger partial charge in [0.1, 0.15) is 0 Å². The molecule has 18 heavy (non-hydrogen) atoms. The minimum atomic E-state index is -5.63. The quantitative estimate of drug-likeness (QED) is 0.753. The van der Waals surface area contributed by atoms with E-state index in [0.717, 1.165) is 0 Å². The van der Waals surface area contributed by atoms with Gasteiger partial charge >= 0.3 is 12.4 Å². The van der Waals surface area contributed by atoms with Gasteiger partial charge in [0.05, 0.1) is 0 Å². The van der Waals surface area contributed by atoms with Gasteiger partial charge in [-0.1, -0.05) is 0 Å². The largest absolute Gasteiger partial charge is 0.409 e. The summed E-state index contributed by atoms with van der Waals surface area (Å²) in [5.74, 6) is -5.98. The van der Waals surface area contributed by atoms with E-state index in [0.29, 0.717) is 25.9 Å². The Balaban J connectivity index is 2.71. The van der Waals surface area contributed by atoms with Crippen LogP contribution in [0.1, 0.15) is 12.8 Å². The van der Waals surface area contributed by atoms with Gasteiger partial charge in [0, 0.05) is 6.04 Å². The highest BCUT2D eigenvalue weighted by molar-refractivity contribution is 5.80. The molecule has 1 aliphatic rings. The van der Waals surface area contributed by atoms with Crippen LogP contribution in [0.2, 0.25) is 0 Å². The van der Waals surface area contributed by atoms with Crippen molar-refractivity contribution in [3.05, 3.63) is 0 Å². The average Bonchev–Trinajstić information content (AvgIpc) is 2.13. The smallest absolute Gasteiger partial charge is 0.352 e. The summed E-state index contributed by atoms with van der Waals surface area (Å²) >= 11 is 0. The summed E-state index contributed by atoms with van der Waals surface area (Å²) in [5, 5.41) is 4.70. The van der Waals surface area contributed by atoms with Gasteiger partial charge in [-0.15, -0.1) is 0 Å². The van der Waals surface area contributed by atoms with Gasteiger partial charge in [0.15, 0.2) is 0 Å². The first-order valence-electron chi connectivity index (χ1n) is 5.27. The fourth-order valence-electron chi connectivity index (χ4n) is 1.73. The van der Waals surface area contributed by atoms with Crippen LogP contribution in [-0.4, -0.2) is 37.4 Å². The number of halogens is 6. The summed E-state index contributed by atoms with van der Waals surface area (Å²) in [6.07, 6.45) is -10.6. The number of nitrogens with one attached hydrogen (secondary N) is 2. The molecule has 1 amide bonds. The molecule has 0 radical (unpaired) electrons. The van der Waals surface area contributed by atoms with Crippen LogP contribution in [0.4, 0.5) is 26.3 Å². The molecule has 0 bridgehead atoms. The maximum Gasteiger partial charge on any atom is 0.409 e. The zero-order valence-corrected chi connectivity index (χ0v) is 9.16. The normalized spacial score (nSPS) is 19.1. The second-order valence-electron chi connectivity index (χ2n) is 4.05. The van der Waals surface area contributed by atoms with Crippen molar-refractivity contribution in [1.82, 2.24) is 10.6 Å². The Morgan fingerprint density at radius 1 is 1.06 bits per heavy atom. The predicted octanol–water partition coefficient (Wildman–Crippen LogP) is 1.60. The molecule has 1 saturated heterocycles. The lowest BCUT2D eigenvalue weighted by molar-refractivity contribution is -0.274. The molecule has 9 heteroatoms. The van der Waals surface area contributed by atoms with Crippen molar-refractivity contribution in [2.24, 2.45) is 5.92 Å². The molecule has 1 fully saturated rings. The van der Waals surface area contributed by atoms with Gasteiger partial charge in [-0.25, -0.2) is 0 Å². The molecule has 0 aliphatic carbocycles. The lowest BCUT2D eigenvalue weighted by Gasteiger charge is -2.27. The number of carbonyl (C=O) groups is 1. The Hall–Kier alpha value is -0.990. The Kier molecular flexibility index (Phi) is 4.46. The van der Waals surface area contributed by atoms with Crippen LogP contribution in [-0.2, 0) is 4.79 Å². The average molecular weight is 278 g/mol. The number of hydrogen-bond acceptors (Lipinski definition) is 2. The van der Waals surface area contributed by atoms with Crippen LogP contribution in [0.5, 0.6) is 0 Å². The number of piperidine rings is 1. The molecule has 0 atom stereocenters. The molecule has 0 saturated carbocycles. The zero-order chi connectivity index (χ0) is 14.0. The minimum absolute atomic E-state index is 0.314. The highest BCUT2D eigenvalue weighted by Gasteiger charge is 2.61. The topological polar surface area (TPSA) is 41.1 Å². The van der Waals surface area contributed by atoms with Crippen LogP contribution in [0.3, 0.4) is 0 Å². The van der Waals surface area contributed by atoms with Gasteiger partial charge in [0.25, 0.3) is 0 Å². The van der Waals surface area contributed by atoms with Gasteiger partial charge < -0.3 is 10.6 Å². The molecule has 0 aromatic carbocycles. The summed E-state index contributed by atoms with van der Waals surface area (Å²) in [4.78, 5) is 11.1. The fourth-order valence-corrected chi connectivity index (χ4v) is 1.73. The molecule has 0 aromatic heterocycles. The van der Waals surface area contributed by atoms with Crippen molar-refractivity contribution in [3.63, 3.8) is 0 Å². The van der Waals surface area contributed by atoms with E-state index in [4.69, 9.17) is 0 Å². The number of hydrogen-bond donors (Lipinski definition) is 2. The third-order valence-corrected chi connectivity index (χ3v) is 2.60. The number of rotatable bonds is 2. The SMILES string of the molecule is O=C(NC1CCNCC1)C(C(F)(F)F)C(F)(F)F. The molecule has 106 valence electrons. The second-order valence-corrected chi connectivity index (χ2v) is 4.05. The minimum Gasteiger partial charge on any atom is -0.352 e.